The van der Waals surface area contributed by atoms with Crippen molar-refractivity contribution in [3.05, 3.63) is 65.5 Å². The molecule has 29 heavy (non-hydrogen) atoms. The van der Waals surface area contributed by atoms with Crippen LogP contribution in [-0.2, 0) is 10.3 Å². The summed E-state index contributed by atoms with van der Waals surface area (Å²) in [6.07, 6.45) is 0.994. The maximum Gasteiger partial charge on any atom is 0.410 e. The molecule has 1 atom stereocenters. The van der Waals surface area contributed by atoms with Gasteiger partial charge in [-0.05, 0) is 49.2 Å². The van der Waals surface area contributed by atoms with Gasteiger partial charge in [0.05, 0.1) is 12.2 Å². The fourth-order valence-corrected chi connectivity index (χ4v) is 3.38. The molecule has 0 spiro atoms. The van der Waals surface area contributed by atoms with Crippen LogP contribution in [0.3, 0.4) is 0 Å². The van der Waals surface area contributed by atoms with Crippen molar-refractivity contribution in [2.45, 2.75) is 19.4 Å². The number of likely N-dealkylation sites (N-methyl/N-ethyl adjacent to an activating group) is 1. The second-order valence-electron chi connectivity index (χ2n) is 7.31. The molecule has 1 saturated heterocycles. The first-order valence-electron chi connectivity index (χ1n) is 8.93. The molecule has 9 heteroatoms. The number of ether oxygens (including phenoxy) is 1. The number of nitrogens with one attached hydrogen (secondary N) is 1. The number of nitrogens with zero attached hydrogens (tertiary/aromatic N) is 4. The lowest BCUT2D eigenvalue weighted by atomic mass is 9.94. The quantitative estimate of drug-likeness (QED) is 0.721. The number of amides is 1. The Bertz CT molecular complexity index is 1080. The van der Waals surface area contributed by atoms with Crippen LogP contribution in [0.2, 0.25) is 0 Å². The van der Waals surface area contributed by atoms with E-state index in [0.29, 0.717) is 12.2 Å². The number of benzene rings is 2. The molecule has 3 aromatic rings. The van der Waals surface area contributed by atoms with Gasteiger partial charge in [-0.1, -0.05) is 6.07 Å². The molecular weight excluding hydrogens is 380 g/mol. The van der Waals surface area contributed by atoms with Gasteiger partial charge in [0.1, 0.15) is 18.0 Å². The van der Waals surface area contributed by atoms with Gasteiger partial charge in [0, 0.05) is 18.8 Å². The molecule has 1 fully saturated rings. The number of aromatic nitrogens is 3. The summed E-state index contributed by atoms with van der Waals surface area (Å²) in [7, 11) is 1.69. The first-order chi connectivity index (χ1) is 13.7. The van der Waals surface area contributed by atoms with Crippen molar-refractivity contribution in [2.24, 2.45) is 0 Å². The third-order valence-electron chi connectivity index (χ3n) is 4.71. The molecule has 2 aromatic carbocycles. The number of hydrogen-bond acceptors (Lipinski definition) is 5. The van der Waals surface area contributed by atoms with Gasteiger partial charge < -0.3 is 15.0 Å². The summed E-state index contributed by atoms with van der Waals surface area (Å²) < 4.78 is 33.7. The molecule has 1 N–H and O–H groups in total. The van der Waals surface area contributed by atoms with Crippen molar-refractivity contribution in [3.8, 4) is 5.69 Å². The number of rotatable bonds is 4. The maximum absolute atomic E-state index is 13.4. The smallest absolute Gasteiger partial charge is 0.410 e. The third-order valence-corrected chi connectivity index (χ3v) is 4.71. The minimum Gasteiger partial charge on any atom is -0.436 e. The average molecular weight is 399 g/mol. The zero-order valence-corrected chi connectivity index (χ0v) is 16.1. The molecule has 7 nitrogen and oxygen atoms in total. The number of aryl methyl sites for hydroxylation is 1. The predicted molar refractivity (Wildman–Crippen MR) is 102 cm³/mol. The van der Waals surface area contributed by atoms with Crippen LogP contribution in [0.15, 0.2) is 42.7 Å². The summed E-state index contributed by atoms with van der Waals surface area (Å²) >= 11 is 0. The van der Waals surface area contributed by atoms with Gasteiger partial charge in [0.15, 0.2) is 5.60 Å². The molecule has 1 amide bonds. The Kier molecular flexibility index (Phi) is 4.45. The van der Waals surface area contributed by atoms with Gasteiger partial charge in [-0.25, -0.2) is 18.3 Å². The first-order valence-corrected chi connectivity index (χ1v) is 8.93. The van der Waals surface area contributed by atoms with Crippen LogP contribution >= 0.6 is 0 Å². The summed E-state index contributed by atoms with van der Waals surface area (Å²) in [6, 6.07) is 8.84. The van der Waals surface area contributed by atoms with Gasteiger partial charge in [-0.3, -0.25) is 0 Å². The highest BCUT2D eigenvalue weighted by Crippen LogP contribution is 2.34. The summed E-state index contributed by atoms with van der Waals surface area (Å²) in [5.74, 6) is -1.13. The van der Waals surface area contributed by atoms with E-state index in [9.17, 15) is 13.6 Å². The zero-order chi connectivity index (χ0) is 20.8. The number of carbonyl (C=O) groups is 1. The first kappa shape index (κ1) is 18.9. The summed E-state index contributed by atoms with van der Waals surface area (Å²) in [6.45, 7) is 4.23. The fraction of sp³-hybridized carbons (Fsp3) is 0.250. The van der Waals surface area contributed by atoms with Crippen molar-refractivity contribution in [2.75, 3.05) is 18.9 Å². The fourth-order valence-electron chi connectivity index (χ4n) is 3.38. The number of cyclic esters (lactones) is 1. The topological polar surface area (TPSA) is 72.3 Å². The molecule has 150 valence electrons. The SMILES string of the molecule is Cc1cc(Nc2ncn(-c3cc(F)cc(F)c3)n2)cc(C2(C)CN(C)C(=O)O2)c1. The Morgan fingerprint density at radius 3 is 2.52 bits per heavy atom. The van der Waals surface area contributed by atoms with Crippen molar-refractivity contribution in [3.63, 3.8) is 0 Å². The van der Waals surface area contributed by atoms with Crippen LogP contribution in [0.1, 0.15) is 18.1 Å². The normalized spacial score (nSPS) is 18.8. The molecule has 0 bridgehead atoms. The van der Waals surface area contributed by atoms with E-state index < -0.39 is 17.2 Å². The highest BCUT2D eigenvalue weighted by Gasteiger charge is 2.41. The molecule has 1 aliphatic rings. The number of carbonyl (C=O) groups excluding carboxylic acids is 1. The number of hydrogen-bond donors (Lipinski definition) is 1. The minimum atomic E-state index is -0.764. The molecule has 0 aliphatic carbocycles. The van der Waals surface area contributed by atoms with Crippen molar-refractivity contribution < 1.29 is 18.3 Å². The largest absolute Gasteiger partial charge is 0.436 e. The summed E-state index contributed by atoms with van der Waals surface area (Å²) in [4.78, 5) is 17.5. The Morgan fingerprint density at radius 2 is 1.86 bits per heavy atom. The molecule has 0 saturated carbocycles. The van der Waals surface area contributed by atoms with Crippen LogP contribution in [0.5, 0.6) is 0 Å². The van der Waals surface area contributed by atoms with E-state index in [4.69, 9.17) is 4.74 Å². The molecule has 0 radical (unpaired) electrons. The third kappa shape index (κ3) is 3.75. The number of anilines is 2. The van der Waals surface area contributed by atoms with E-state index in [2.05, 4.69) is 15.4 Å². The van der Waals surface area contributed by atoms with Crippen molar-refractivity contribution in [1.29, 1.82) is 0 Å². The second kappa shape index (κ2) is 6.84. The van der Waals surface area contributed by atoms with Gasteiger partial charge >= 0.3 is 6.09 Å². The Labute approximate surface area is 165 Å². The second-order valence-corrected chi connectivity index (χ2v) is 7.31. The van der Waals surface area contributed by atoms with E-state index in [1.54, 1.807) is 7.05 Å². The van der Waals surface area contributed by atoms with Crippen molar-refractivity contribution in [1.82, 2.24) is 19.7 Å². The van der Waals surface area contributed by atoms with E-state index in [0.717, 1.165) is 29.3 Å². The average Bonchev–Trinajstić information content (AvgIpc) is 3.18. The monoisotopic (exact) mass is 399 g/mol. The molecular formula is C20H19F2N5O2. The van der Waals surface area contributed by atoms with Crippen LogP contribution in [-0.4, -0.2) is 39.4 Å². The van der Waals surface area contributed by atoms with E-state index in [1.165, 1.54) is 15.9 Å². The zero-order valence-electron chi connectivity index (χ0n) is 16.1. The van der Waals surface area contributed by atoms with E-state index in [1.807, 2.05) is 32.0 Å². The summed E-state index contributed by atoms with van der Waals surface area (Å²) in [5.41, 5.74) is 1.96. The van der Waals surface area contributed by atoms with E-state index in [-0.39, 0.29) is 17.7 Å². The standard InChI is InChI=1S/C20H19F2N5O2/c1-12-4-13(20(2)10-26(3)19(28)29-20)6-16(5-12)24-18-23-11-27(25-18)17-8-14(21)7-15(22)9-17/h4-9,11H,10H2,1-3H3,(H,24,25). The minimum absolute atomic E-state index is 0.224. The Balaban J connectivity index is 1.60. The molecule has 1 unspecified atom stereocenters. The van der Waals surface area contributed by atoms with Crippen LogP contribution < -0.4 is 5.32 Å². The van der Waals surface area contributed by atoms with Gasteiger partial charge in [0.2, 0.25) is 5.95 Å². The van der Waals surface area contributed by atoms with E-state index >= 15 is 0 Å². The van der Waals surface area contributed by atoms with Gasteiger partial charge in [0.25, 0.3) is 0 Å². The molecule has 1 aliphatic heterocycles. The Morgan fingerprint density at radius 1 is 1.14 bits per heavy atom. The lowest BCUT2D eigenvalue weighted by molar-refractivity contribution is 0.0701. The molecule has 1 aromatic heterocycles. The van der Waals surface area contributed by atoms with Crippen LogP contribution in [0, 0.1) is 18.6 Å². The molecule has 2 heterocycles. The highest BCUT2D eigenvalue weighted by molar-refractivity contribution is 5.71. The maximum atomic E-state index is 13.4. The predicted octanol–water partition coefficient (Wildman–Crippen LogP) is 3.89. The van der Waals surface area contributed by atoms with Crippen molar-refractivity contribution >= 4 is 17.7 Å². The van der Waals surface area contributed by atoms with Crippen LogP contribution in [0.4, 0.5) is 25.2 Å². The summed E-state index contributed by atoms with van der Waals surface area (Å²) in [5, 5.41) is 7.31. The van der Waals surface area contributed by atoms with Gasteiger partial charge in [-0.2, -0.15) is 4.98 Å². The highest BCUT2D eigenvalue weighted by atomic mass is 19.1. The Hall–Kier alpha value is -3.49. The lowest BCUT2D eigenvalue weighted by Crippen LogP contribution is -2.27. The lowest BCUT2D eigenvalue weighted by Gasteiger charge is -2.23. The van der Waals surface area contributed by atoms with Crippen LogP contribution in [0.25, 0.3) is 5.69 Å². The molecule has 4 rings (SSSR count). The number of halogens is 2. The van der Waals surface area contributed by atoms with Gasteiger partial charge in [-0.15, -0.1) is 5.10 Å².